The van der Waals surface area contributed by atoms with E-state index in [-0.39, 0.29) is 0 Å². The van der Waals surface area contributed by atoms with E-state index in [4.69, 9.17) is 10.00 Å². The fourth-order valence-corrected chi connectivity index (χ4v) is 2.44. The van der Waals surface area contributed by atoms with Crippen LogP contribution in [0.15, 0.2) is 42.0 Å². The van der Waals surface area contributed by atoms with Crippen LogP contribution in [-0.2, 0) is 4.79 Å². The average molecular weight is 324 g/mol. The number of quaternary nitrogens is 1. The maximum atomic E-state index is 11.1. The Hall–Kier alpha value is -2.84. The minimum atomic E-state index is -1.49. The first-order valence-corrected chi connectivity index (χ1v) is 7.79. The molecule has 0 bridgehead atoms. The largest absolute Gasteiger partial charge is 0.544 e. The third-order valence-corrected chi connectivity index (χ3v) is 3.64. The van der Waals surface area contributed by atoms with Crippen molar-refractivity contribution in [1.82, 2.24) is 0 Å². The molecule has 0 fully saturated rings. The normalized spacial score (nSPS) is 11.5. The van der Waals surface area contributed by atoms with Gasteiger partial charge in [0.2, 0.25) is 0 Å². The van der Waals surface area contributed by atoms with Crippen LogP contribution in [0, 0.1) is 11.3 Å². The number of nitrogens with one attached hydrogen (secondary N) is 1. The Labute approximate surface area is 141 Å². The summed E-state index contributed by atoms with van der Waals surface area (Å²) in [6, 6.07) is 13.0. The Morgan fingerprint density at radius 2 is 2.04 bits per heavy atom. The van der Waals surface area contributed by atoms with E-state index in [1.54, 1.807) is 12.1 Å². The molecule has 0 saturated carbocycles. The highest BCUT2D eigenvalue weighted by atomic mass is 16.5. The van der Waals surface area contributed by atoms with E-state index >= 15 is 0 Å². The number of nitrogens with zero attached hydrogens (tertiary/aromatic N) is 1. The van der Waals surface area contributed by atoms with Gasteiger partial charge in [-0.15, -0.1) is 0 Å². The molecule has 2 rings (SSSR count). The predicted octanol–water partition coefficient (Wildman–Crippen LogP) is 0.410. The molecule has 0 aliphatic carbocycles. The summed E-state index contributed by atoms with van der Waals surface area (Å²) >= 11 is 0. The average Bonchev–Trinajstić information content (AvgIpc) is 2.56. The van der Waals surface area contributed by atoms with Crippen molar-refractivity contribution >= 4 is 22.8 Å². The maximum absolute atomic E-state index is 11.1. The van der Waals surface area contributed by atoms with Crippen LogP contribution in [0.2, 0.25) is 0 Å². The first-order valence-electron chi connectivity index (χ1n) is 7.79. The van der Waals surface area contributed by atoms with Crippen LogP contribution >= 0.6 is 0 Å². The highest BCUT2D eigenvalue weighted by molar-refractivity contribution is 6.00. The lowest BCUT2D eigenvalue weighted by molar-refractivity contribution is -0.858. The predicted molar refractivity (Wildman–Crippen MR) is 90.3 cm³/mol. The second-order valence-corrected chi connectivity index (χ2v) is 5.81. The second-order valence-electron chi connectivity index (χ2n) is 5.81. The van der Waals surface area contributed by atoms with Gasteiger partial charge in [0.1, 0.15) is 11.8 Å². The number of nitriles is 1. The van der Waals surface area contributed by atoms with E-state index < -0.39 is 11.5 Å². The van der Waals surface area contributed by atoms with E-state index in [9.17, 15) is 9.90 Å². The molecule has 124 valence electrons. The smallest absolute Gasteiger partial charge is 0.127 e. The molecule has 0 saturated heterocycles. The zero-order valence-electron chi connectivity index (χ0n) is 13.8. The van der Waals surface area contributed by atoms with E-state index in [2.05, 4.69) is 14.1 Å². The summed E-state index contributed by atoms with van der Waals surface area (Å²) in [5, 5.41) is 21.9. The zero-order chi connectivity index (χ0) is 17.5. The van der Waals surface area contributed by atoms with Crippen LogP contribution in [0.5, 0.6) is 5.75 Å². The number of carboxylic acids is 1. The second kappa shape index (κ2) is 8.14. The van der Waals surface area contributed by atoms with Crippen molar-refractivity contribution < 1.29 is 19.5 Å². The lowest BCUT2D eigenvalue weighted by Gasteiger charge is -2.13. The molecule has 0 spiro atoms. The molecule has 0 unspecified atom stereocenters. The van der Waals surface area contributed by atoms with Gasteiger partial charge in [0.15, 0.2) is 0 Å². The number of ether oxygens (including phenoxy) is 1. The van der Waals surface area contributed by atoms with Gasteiger partial charge in [-0.3, -0.25) is 0 Å². The fraction of sp³-hybridized carbons (Fsp3) is 0.263. The maximum Gasteiger partial charge on any atom is 0.127 e. The van der Waals surface area contributed by atoms with Crippen LogP contribution in [-0.4, -0.2) is 33.2 Å². The summed E-state index contributed by atoms with van der Waals surface area (Å²) in [5.41, 5.74) is 0.167. The molecule has 0 aromatic heterocycles. The van der Waals surface area contributed by atoms with E-state index in [1.807, 2.05) is 30.3 Å². The summed E-state index contributed by atoms with van der Waals surface area (Å²) in [5.74, 6) is -0.927. The summed E-state index contributed by atoms with van der Waals surface area (Å²) in [7, 11) is 4.15. The first-order chi connectivity index (χ1) is 11.5. The third kappa shape index (κ3) is 4.34. The van der Waals surface area contributed by atoms with Gasteiger partial charge >= 0.3 is 0 Å². The molecule has 5 nitrogen and oxygen atoms in total. The number of rotatable bonds is 7. The minimum Gasteiger partial charge on any atom is -0.544 e. The van der Waals surface area contributed by atoms with Gasteiger partial charge in [-0.25, -0.2) is 0 Å². The van der Waals surface area contributed by atoms with Crippen molar-refractivity contribution in [3.05, 3.63) is 47.5 Å². The highest BCUT2D eigenvalue weighted by Gasteiger charge is 2.09. The van der Waals surface area contributed by atoms with Crippen LogP contribution in [0.4, 0.5) is 0 Å². The standard InChI is InChI=1S/C19H20N2O3/c1-21(2)10-5-11-24-18-9-8-14-6-3-4-7-16(14)17(18)12-15(13-20)19(22)23/h3-4,6-9,12H,5,10-11H2,1-2H3,(H,22,23)/b15-12-. The molecule has 2 aromatic carbocycles. The van der Waals surface area contributed by atoms with Crippen LogP contribution < -0.4 is 14.7 Å². The Morgan fingerprint density at radius 3 is 2.71 bits per heavy atom. The van der Waals surface area contributed by atoms with Crippen molar-refractivity contribution in [2.24, 2.45) is 0 Å². The Kier molecular flexibility index (Phi) is 5.94. The Bertz CT molecular complexity index is 804. The van der Waals surface area contributed by atoms with E-state index in [1.165, 1.54) is 11.0 Å². The van der Waals surface area contributed by atoms with Gasteiger partial charge in [0.25, 0.3) is 0 Å². The first kappa shape index (κ1) is 17.5. The number of carbonyl (C=O) groups excluding carboxylic acids is 1. The summed E-state index contributed by atoms with van der Waals surface area (Å²) in [6.45, 7) is 1.50. The SMILES string of the molecule is C[NH+](C)CCCOc1ccc2ccccc2c1/C=C(/C#N)C(=O)[O-]. The molecule has 0 aliphatic rings. The number of fused-ring (bicyclic) bond motifs is 1. The lowest BCUT2D eigenvalue weighted by atomic mass is 10.0. The summed E-state index contributed by atoms with van der Waals surface area (Å²) < 4.78 is 5.84. The zero-order valence-corrected chi connectivity index (χ0v) is 13.8. The fourth-order valence-electron chi connectivity index (χ4n) is 2.44. The molecule has 0 heterocycles. The molecule has 24 heavy (non-hydrogen) atoms. The summed E-state index contributed by atoms with van der Waals surface area (Å²) in [6.07, 6.45) is 2.20. The lowest BCUT2D eigenvalue weighted by Crippen LogP contribution is -3.05. The van der Waals surface area contributed by atoms with E-state index in [0.29, 0.717) is 17.9 Å². The number of hydrogen-bond donors (Lipinski definition) is 1. The van der Waals surface area contributed by atoms with Gasteiger partial charge in [-0.1, -0.05) is 30.3 Å². The monoisotopic (exact) mass is 324 g/mol. The Balaban J connectivity index is 2.41. The molecule has 0 atom stereocenters. The molecule has 0 aliphatic heterocycles. The molecule has 0 radical (unpaired) electrons. The van der Waals surface area contributed by atoms with Crippen molar-refractivity contribution in [2.45, 2.75) is 6.42 Å². The molecule has 2 aromatic rings. The van der Waals surface area contributed by atoms with Crippen molar-refractivity contribution in [2.75, 3.05) is 27.2 Å². The summed E-state index contributed by atoms with van der Waals surface area (Å²) in [4.78, 5) is 12.4. The van der Waals surface area contributed by atoms with Crippen molar-refractivity contribution in [3.8, 4) is 11.8 Å². The number of carbonyl (C=O) groups is 1. The Morgan fingerprint density at radius 1 is 1.29 bits per heavy atom. The highest BCUT2D eigenvalue weighted by Crippen LogP contribution is 2.30. The van der Waals surface area contributed by atoms with E-state index in [0.717, 1.165) is 23.7 Å². The van der Waals surface area contributed by atoms with Crippen LogP contribution in [0.3, 0.4) is 0 Å². The van der Waals surface area contributed by atoms with Crippen LogP contribution in [0.1, 0.15) is 12.0 Å². The molecular weight excluding hydrogens is 304 g/mol. The van der Waals surface area contributed by atoms with Crippen molar-refractivity contribution in [1.29, 1.82) is 5.26 Å². The topological polar surface area (TPSA) is 77.6 Å². The van der Waals surface area contributed by atoms with Crippen LogP contribution in [0.25, 0.3) is 16.8 Å². The van der Waals surface area contributed by atoms with Gasteiger partial charge in [-0.05, 0) is 22.9 Å². The van der Waals surface area contributed by atoms with Gasteiger partial charge < -0.3 is 19.5 Å². The number of hydrogen-bond acceptors (Lipinski definition) is 4. The molecular formula is C19H20N2O3. The quantitative estimate of drug-likeness (QED) is 0.455. The number of benzene rings is 2. The molecule has 1 N–H and O–H groups in total. The van der Waals surface area contributed by atoms with Gasteiger partial charge in [-0.2, -0.15) is 5.26 Å². The van der Waals surface area contributed by atoms with Gasteiger partial charge in [0.05, 0.1) is 38.8 Å². The third-order valence-electron chi connectivity index (χ3n) is 3.64. The minimum absolute atomic E-state index is 0.422. The molecule has 0 amide bonds. The molecule has 5 heteroatoms. The van der Waals surface area contributed by atoms with Crippen molar-refractivity contribution in [3.63, 3.8) is 0 Å². The number of aliphatic carboxylic acids is 1. The van der Waals surface area contributed by atoms with Gasteiger partial charge in [0, 0.05) is 12.0 Å². The number of carboxylic acid groups (broad SMARTS) is 1.